The van der Waals surface area contributed by atoms with E-state index in [1.165, 1.54) is 48.5 Å². The Morgan fingerprint density at radius 3 is 1.45 bits per heavy atom. The second-order valence-corrected chi connectivity index (χ2v) is 15.4. The van der Waals surface area contributed by atoms with Crippen LogP contribution in [0.3, 0.4) is 0 Å². The normalized spacial score (nSPS) is 35.2. The summed E-state index contributed by atoms with van der Waals surface area (Å²) in [6.45, 7) is -2.35. The molecule has 2 aromatic rings. The number of aliphatic hydroxyl groups is 13. The molecule has 12 atom stereocenters. The minimum atomic E-state index is -3.96. The van der Waals surface area contributed by atoms with Crippen LogP contribution in [0.4, 0.5) is 0 Å². The maximum atomic E-state index is 14.5. The monoisotopic (exact) mass is 910 g/mol. The first kappa shape index (κ1) is 48.2. The van der Waals surface area contributed by atoms with Gasteiger partial charge in [-0.1, -0.05) is 36.4 Å². The predicted molar refractivity (Wildman–Crippen MR) is 214 cm³/mol. The molecule has 2 aromatic carbocycles. The lowest BCUT2D eigenvalue weighted by Gasteiger charge is -2.47. The van der Waals surface area contributed by atoms with Gasteiger partial charge in [-0.15, -0.1) is 0 Å². The molecule has 0 amide bonds. The molecule has 4 aliphatic rings. The Bertz CT molecular complexity index is 2460. The van der Waals surface area contributed by atoms with E-state index in [0.717, 1.165) is 18.2 Å². The Hall–Kier alpha value is -6.25. The third-order valence-corrected chi connectivity index (χ3v) is 11.4. The average Bonchev–Trinajstić information content (AvgIpc) is 3.28. The van der Waals surface area contributed by atoms with Crippen LogP contribution in [0.1, 0.15) is 11.1 Å². The van der Waals surface area contributed by atoms with Crippen molar-refractivity contribution in [1.29, 1.82) is 0 Å². The number of carbonyl (C=O) groups is 5. The van der Waals surface area contributed by atoms with Crippen LogP contribution in [0.15, 0.2) is 106 Å². The van der Waals surface area contributed by atoms with Crippen LogP contribution >= 0.6 is 0 Å². The van der Waals surface area contributed by atoms with Gasteiger partial charge in [-0.05, 0) is 53.6 Å². The van der Waals surface area contributed by atoms with E-state index in [1.807, 2.05) is 0 Å². The van der Waals surface area contributed by atoms with Crippen molar-refractivity contribution in [2.45, 2.75) is 72.2 Å². The highest BCUT2D eigenvalue weighted by molar-refractivity contribution is 6.38. The third-order valence-electron chi connectivity index (χ3n) is 11.4. The second-order valence-electron chi connectivity index (χ2n) is 15.4. The molecule has 2 fully saturated rings. The number of ether oxygens (including phenoxy) is 2. The van der Waals surface area contributed by atoms with Crippen LogP contribution in [0.25, 0.3) is 12.2 Å². The van der Waals surface area contributed by atoms with Gasteiger partial charge in [0.05, 0.1) is 24.4 Å². The Labute approximate surface area is 365 Å². The van der Waals surface area contributed by atoms with Gasteiger partial charge in [-0.2, -0.15) is 0 Å². The summed E-state index contributed by atoms with van der Waals surface area (Å²) < 4.78 is 10.7. The predicted octanol–water partition coefficient (Wildman–Crippen LogP) is -3.79. The van der Waals surface area contributed by atoms with Crippen molar-refractivity contribution < 1.29 is 110 Å². The van der Waals surface area contributed by atoms with Crippen molar-refractivity contribution in [3.8, 4) is 11.5 Å². The highest BCUT2D eigenvalue weighted by atomic mass is 16.6. The lowest BCUT2D eigenvalue weighted by Crippen LogP contribution is -2.71. The molecule has 15 N–H and O–H groups in total. The van der Waals surface area contributed by atoms with E-state index in [0.29, 0.717) is 6.08 Å². The van der Waals surface area contributed by atoms with Gasteiger partial charge in [0.15, 0.2) is 5.78 Å². The summed E-state index contributed by atoms with van der Waals surface area (Å²) in [5.41, 5.74) is -13.4. The molecule has 2 unspecified atom stereocenters. The average molecular weight is 911 g/mol. The molecule has 22 nitrogen and oxygen atoms in total. The second kappa shape index (κ2) is 18.3. The van der Waals surface area contributed by atoms with Crippen molar-refractivity contribution in [1.82, 2.24) is 0 Å². The molecule has 0 spiro atoms. The van der Waals surface area contributed by atoms with E-state index >= 15 is 0 Å². The van der Waals surface area contributed by atoms with Crippen LogP contribution in [0.5, 0.6) is 11.5 Å². The molecule has 2 aliphatic heterocycles. The standard InChI is InChI=1S/C43H42O22/c44-14-24-30(52)32(54)34(56)40(64-24)42(62)36(58)20(28(50)26(38(42)60)22(48)11-5-16-1-7-18(46)8-2-16)13-21-29(51)27(23(49)12-6-17-3-9-19(47)10-4-17)39(61)43(63,37(21)59)41-35(57)33(55)31(53)25(15-45)65-41/h1-13,24-25,30-35,40-41,44-48,50-57,62-63H,14-15H2/b11-5+,12-6+,21-13?,26-22?/t24-,25-,30-,31-,32+,33+,34-,35-,40-,41-,42?,43?/m1/s1. The smallest absolute Gasteiger partial charge is 0.220 e. The van der Waals surface area contributed by atoms with Gasteiger partial charge >= 0.3 is 0 Å². The highest BCUT2D eigenvalue weighted by Gasteiger charge is 2.66. The summed E-state index contributed by atoms with van der Waals surface area (Å²) in [6.07, 6.45) is -19.9. The van der Waals surface area contributed by atoms with E-state index in [2.05, 4.69) is 0 Å². The molecule has 0 bridgehead atoms. The molecule has 0 aromatic heterocycles. The van der Waals surface area contributed by atoms with Crippen molar-refractivity contribution in [3.05, 3.63) is 117 Å². The minimum absolute atomic E-state index is 0.103. The van der Waals surface area contributed by atoms with Gasteiger partial charge in [-0.25, -0.2) is 0 Å². The molecule has 2 heterocycles. The first-order valence-corrected chi connectivity index (χ1v) is 19.3. The quantitative estimate of drug-likeness (QED) is 0.0470. The molecule has 2 aliphatic carbocycles. The van der Waals surface area contributed by atoms with E-state index in [4.69, 9.17) is 9.47 Å². The van der Waals surface area contributed by atoms with Crippen LogP contribution in [0.2, 0.25) is 0 Å². The fraction of sp³-hybridized carbons (Fsp3) is 0.326. The fourth-order valence-electron chi connectivity index (χ4n) is 7.67. The zero-order valence-corrected chi connectivity index (χ0v) is 33.3. The number of benzene rings is 2. The summed E-state index contributed by atoms with van der Waals surface area (Å²) in [4.78, 5) is 71.4. The highest BCUT2D eigenvalue weighted by Crippen LogP contribution is 2.43. The van der Waals surface area contributed by atoms with Gasteiger partial charge in [-0.3, -0.25) is 24.0 Å². The zero-order chi connectivity index (χ0) is 48.0. The topological polar surface area (TPSA) is 407 Å². The number of Topliss-reactive ketones (excluding diaryl/α,β-unsaturated/α-hetero) is 4. The number of hydrogen-bond donors (Lipinski definition) is 15. The fourth-order valence-corrected chi connectivity index (χ4v) is 7.67. The van der Waals surface area contributed by atoms with Crippen molar-refractivity contribution in [2.24, 2.45) is 0 Å². The Morgan fingerprint density at radius 1 is 0.569 bits per heavy atom. The maximum absolute atomic E-state index is 14.5. The molecule has 22 heteroatoms. The largest absolute Gasteiger partial charge is 0.508 e. The number of hydrogen-bond acceptors (Lipinski definition) is 22. The van der Waals surface area contributed by atoms with Crippen LogP contribution in [-0.2, 0) is 33.4 Å². The van der Waals surface area contributed by atoms with Crippen molar-refractivity contribution in [3.63, 3.8) is 0 Å². The number of allylic oxidation sites excluding steroid dienone is 5. The number of rotatable bonds is 10. The number of aromatic hydroxyl groups is 2. The van der Waals surface area contributed by atoms with E-state index in [-0.39, 0.29) is 28.7 Å². The van der Waals surface area contributed by atoms with E-state index in [9.17, 15) is 101 Å². The van der Waals surface area contributed by atoms with Gasteiger partial charge in [0.2, 0.25) is 34.3 Å². The summed E-state index contributed by atoms with van der Waals surface area (Å²) in [5.74, 6) is -14.7. The Balaban J connectivity index is 1.62. The molecule has 65 heavy (non-hydrogen) atoms. The summed E-state index contributed by atoms with van der Waals surface area (Å²) in [7, 11) is 0. The molecular weight excluding hydrogens is 868 g/mol. The van der Waals surface area contributed by atoms with Crippen LogP contribution in [0, 0.1) is 0 Å². The van der Waals surface area contributed by atoms with Crippen LogP contribution in [-0.4, -0.2) is 191 Å². The molecule has 346 valence electrons. The summed E-state index contributed by atoms with van der Waals surface area (Å²) in [5, 5.41) is 162. The first-order chi connectivity index (χ1) is 30.5. The van der Waals surface area contributed by atoms with Crippen LogP contribution < -0.4 is 0 Å². The molecule has 0 radical (unpaired) electrons. The Kier molecular flexibility index (Phi) is 13.6. The minimum Gasteiger partial charge on any atom is -0.508 e. The van der Waals surface area contributed by atoms with Crippen molar-refractivity contribution in [2.75, 3.05) is 13.2 Å². The third kappa shape index (κ3) is 8.22. The number of aliphatic hydroxyl groups excluding tert-OH is 11. The van der Waals surface area contributed by atoms with Gasteiger partial charge in [0, 0.05) is 0 Å². The summed E-state index contributed by atoms with van der Waals surface area (Å²) >= 11 is 0. The molecule has 0 saturated carbocycles. The SMILES string of the molecule is O=C(/C=C/c1ccc(O)cc1)C1=C(O)C(=CC2=C(O)C(=C(O)/C=C/c3ccc(O)cc3)C(=O)C(O)([C@@H]3O[C@H](CO)[C@@H](O)[C@H](O)[C@H]3O)C2=O)C(=O)C(O)([C@@H]2O[C@H](CO)[C@@H](O)[C@H](O)[C@H]2O)C1=O. The zero-order valence-electron chi connectivity index (χ0n) is 33.3. The van der Waals surface area contributed by atoms with Gasteiger partial charge in [0.25, 0.3) is 0 Å². The molecule has 6 rings (SSSR count). The number of ketones is 5. The summed E-state index contributed by atoms with van der Waals surface area (Å²) in [6, 6.07) is 10.0. The lowest BCUT2D eigenvalue weighted by atomic mass is 9.68. The molecular formula is C43H42O22. The number of phenols is 2. The van der Waals surface area contributed by atoms with Crippen molar-refractivity contribution >= 4 is 41.1 Å². The Morgan fingerprint density at radius 2 is 1.00 bits per heavy atom. The lowest BCUT2D eigenvalue weighted by molar-refractivity contribution is -0.260. The maximum Gasteiger partial charge on any atom is 0.220 e. The van der Waals surface area contributed by atoms with E-state index in [1.54, 1.807) is 0 Å². The number of phenolic OH excluding ortho intramolecular Hbond substituents is 2. The molecule has 2 saturated heterocycles. The number of carbonyl (C=O) groups excluding carboxylic acids is 5. The van der Waals surface area contributed by atoms with Gasteiger partial charge < -0.3 is 86.1 Å². The van der Waals surface area contributed by atoms with Gasteiger partial charge in [0.1, 0.15) is 101 Å². The first-order valence-electron chi connectivity index (χ1n) is 19.3. The van der Waals surface area contributed by atoms with E-state index < -0.39 is 154 Å².